The molecule has 3 unspecified atom stereocenters. The molecule has 7 heteroatoms. The third-order valence-electron chi connectivity index (χ3n) is 3.99. The molecular formula is C15H23BrN2O3S. The summed E-state index contributed by atoms with van der Waals surface area (Å²) in [7, 11) is -3.62. The molecule has 22 heavy (non-hydrogen) atoms. The molecule has 1 aromatic rings. The number of halogens is 1. The summed E-state index contributed by atoms with van der Waals surface area (Å²) in [4.78, 5) is 2.40. The fourth-order valence-corrected chi connectivity index (χ4v) is 5.00. The fraction of sp³-hybridized carbons (Fsp3) is 0.600. The average Bonchev–Trinajstić information content (AvgIpc) is 2.75. The summed E-state index contributed by atoms with van der Waals surface area (Å²) in [6.45, 7) is 5.79. The molecule has 0 spiro atoms. The van der Waals surface area contributed by atoms with Gasteiger partial charge < -0.3 is 5.11 Å². The van der Waals surface area contributed by atoms with Gasteiger partial charge in [0, 0.05) is 30.1 Å². The lowest BCUT2D eigenvalue weighted by molar-refractivity contribution is 0.111. The minimum atomic E-state index is -3.62. The van der Waals surface area contributed by atoms with Crippen LogP contribution in [0.25, 0.3) is 0 Å². The molecule has 0 radical (unpaired) electrons. The van der Waals surface area contributed by atoms with E-state index in [4.69, 9.17) is 0 Å². The lowest BCUT2D eigenvalue weighted by atomic mass is 10.1. The molecule has 1 aromatic carbocycles. The highest BCUT2D eigenvalue weighted by molar-refractivity contribution is 9.10. The monoisotopic (exact) mass is 390 g/mol. The largest absolute Gasteiger partial charge is 0.390 e. The number of aliphatic hydroxyl groups excluding tert-OH is 1. The third kappa shape index (κ3) is 4.52. The van der Waals surface area contributed by atoms with E-state index in [-0.39, 0.29) is 11.4 Å². The van der Waals surface area contributed by atoms with E-state index < -0.39 is 16.1 Å². The first kappa shape index (κ1) is 17.9. The van der Waals surface area contributed by atoms with Crippen LogP contribution in [0.15, 0.2) is 33.6 Å². The molecule has 1 heterocycles. The van der Waals surface area contributed by atoms with Crippen molar-refractivity contribution < 1.29 is 13.5 Å². The Kier molecular flexibility index (Phi) is 6.01. The van der Waals surface area contributed by atoms with Crippen LogP contribution >= 0.6 is 15.9 Å². The van der Waals surface area contributed by atoms with E-state index in [0.717, 1.165) is 13.0 Å². The Morgan fingerprint density at radius 2 is 2.09 bits per heavy atom. The SMILES string of the molecule is CC1CC(C)N(CC(O)CNS(=O)(=O)c2ccccc2Br)C1. The van der Waals surface area contributed by atoms with E-state index in [1.54, 1.807) is 18.2 Å². The molecule has 0 bridgehead atoms. The number of likely N-dealkylation sites (tertiary alicyclic amines) is 1. The molecule has 1 fully saturated rings. The second-order valence-electron chi connectivity index (χ2n) is 6.08. The number of nitrogens with one attached hydrogen (secondary N) is 1. The Hall–Kier alpha value is -0.470. The topological polar surface area (TPSA) is 69.6 Å². The highest BCUT2D eigenvalue weighted by Gasteiger charge is 2.28. The van der Waals surface area contributed by atoms with Crippen molar-refractivity contribution in [1.82, 2.24) is 9.62 Å². The predicted molar refractivity (Wildman–Crippen MR) is 90.2 cm³/mol. The standard InChI is InChI=1S/C15H23BrN2O3S/c1-11-7-12(2)18(9-11)10-13(19)8-17-22(20,21)15-6-4-3-5-14(15)16/h3-6,11-13,17,19H,7-10H2,1-2H3. The van der Waals surface area contributed by atoms with Crippen molar-refractivity contribution in [2.45, 2.75) is 37.3 Å². The first-order chi connectivity index (χ1) is 10.3. The van der Waals surface area contributed by atoms with Gasteiger partial charge in [-0.15, -0.1) is 0 Å². The number of aliphatic hydroxyl groups is 1. The van der Waals surface area contributed by atoms with Gasteiger partial charge in [-0.2, -0.15) is 0 Å². The van der Waals surface area contributed by atoms with Crippen molar-refractivity contribution in [3.63, 3.8) is 0 Å². The van der Waals surface area contributed by atoms with Crippen molar-refractivity contribution in [3.05, 3.63) is 28.7 Å². The Balaban J connectivity index is 1.91. The molecule has 1 aliphatic rings. The molecule has 0 saturated carbocycles. The normalized spacial score (nSPS) is 24.5. The number of rotatable bonds is 6. The maximum atomic E-state index is 12.2. The van der Waals surface area contributed by atoms with Gasteiger partial charge in [0.15, 0.2) is 0 Å². The predicted octanol–water partition coefficient (Wildman–Crippen LogP) is 1.82. The van der Waals surface area contributed by atoms with Crippen molar-refractivity contribution >= 4 is 26.0 Å². The van der Waals surface area contributed by atoms with Crippen LogP contribution in [0.5, 0.6) is 0 Å². The molecule has 3 atom stereocenters. The van der Waals surface area contributed by atoms with E-state index in [9.17, 15) is 13.5 Å². The third-order valence-corrected chi connectivity index (χ3v) is 6.43. The number of sulfonamides is 1. The van der Waals surface area contributed by atoms with E-state index >= 15 is 0 Å². The summed E-state index contributed by atoms with van der Waals surface area (Å²) in [6, 6.07) is 7.07. The minimum absolute atomic E-state index is 0.0151. The van der Waals surface area contributed by atoms with Crippen molar-refractivity contribution in [2.75, 3.05) is 19.6 Å². The van der Waals surface area contributed by atoms with Crippen molar-refractivity contribution in [1.29, 1.82) is 0 Å². The van der Waals surface area contributed by atoms with Gasteiger partial charge >= 0.3 is 0 Å². The minimum Gasteiger partial charge on any atom is -0.390 e. The summed E-state index contributed by atoms with van der Waals surface area (Å²) in [6.07, 6.45) is 0.403. The lowest BCUT2D eigenvalue weighted by Gasteiger charge is -2.24. The highest BCUT2D eigenvalue weighted by Crippen LogP contribution is 2.23. The first-order valence-corrected chi connectivity index (χ1v) is 9.73. The second kappa shape index (κ2) is 7.40. The van der Waals surface area contributed by atoms with Crippen LogP contribution < -0.4 is 4.72 Å². The molecule has 0 aromatic heterocycles. The van der Waals surface area contributed by atoms with Gasteiger partial charge in [0.05, 0.1) is 11.0 Å². The van der Waals surface area contributed by atoms with Crippen LogP contribution in [0.1, 0.15) is 20.3 Å². The van der Waals surface area contributed by atoms with E-state index in [0.29, 0.717) is 23.0 Å². The highest BCUT2D eigenvalue weighted by atomic mass is 79.9. The number of hydrogen-bond donors (Lipinski definition) is 2. The summed E-state index contributed by atoms with van der Waals surface area (Å²) in [5.74, 6) is 0.624. The Bertz CT molecular complexity index is 609. The Morgan fingerprint density at radius 3 is 2.68 bits per heavy atom. The van der Waals surface area contributed by atoms with Crippen molar-refractivity contribution in [3.8, 4) is 0 Å². The van der Waals surface area contributed by atoms with E-state index in [1.165, 1.54) is 6.07 Å². The zero-order valence-corrected chi connectivity index (χ0v) is 15.3. The quantitative estimate of drug-likeness (QED) is 0.776. The summed E-state index contributed by atoms with van der Waals surface area (Å²) in [5.41, 5.74) is 0. The summed E-state index contributed by atoms with van der Waals surface area (Å²) < 4.78 is 27.5. The van der Waals surface area contributed by atoms with Crippen LogP contribution in [0.2, 0.25) is 0 Å². The molecule has 5 nitrogen and oxygen atoms in total. The van der Waals surface area contributed by atoms with Gasteiger partial charge in [-0.25, -0.2) is 13.1 Å². The van der Waals surface area contributed by atoms with Crippen molar-refractivity contribution in [2.24, 2.45) is 5.92 Å². The van der Waals surface area contributed by atoms with Crippen LogP contribution in [0, 0.1) is 5.92 Å². The van der Waals surface area contributed by atoms with Gasteiger partial charge in [0.2, 0.25) is 10.0 Å². The molecule has 0 aliphatic carbocycles. The zero-order valence-electron chi connectivity index (χ0n) is 12.9. The maximum absolute atomic E-state index is 12.2. The van der Waals surface area contributed by atoms with Gasteiger partial charge in [-0.05, 0) is 47.3 Å². The molecule has 1 saturated heterocycles. The number of hydrogen-bond acceptors (Lipinski definition) is 4. The molecule has 2 N–H and O–H groups in total. The molecule has 2 rings (SSSR count). The van der Waals surface area contributed by atoms with Crippen LogP contribution in [0.3, 0.4) is 0 Å². The Labute approximate surface area is 140 Å². The van der Waals surface area contributed by atoms with Crippen LogP contribution in [0.4, 0.5) is 0 Å². The van der Waals surface area contributed by atoms with E-state index in [2.05, 4.69) is 39.4 Å². The smallest absolute Gasteiger partial charge is 0.241 e. The second-order valence-corrected chi connectivity index (χ2v) is 8.67. The van der Waals surface area contributed by atoms with E-state index in [1.807, 2.05) is 0 Å². The molecule has 1 aliphatic heterocycles. The van der Waals surface area contributed by atoms with Crippen LogP contribution in [-0.2, 0) is 10.0 Å². The first-order valence-electron chi connectivity index (χ1n) is 7.46. The lowest BCUT2D eigenvalue weighted by Crippen LogP contribution is -2.41. The molecule has 0 amide bonds. The maximum Gasteiger partial charge on any atom is 0.241 e. The van der Waals surface area contributed by atoms with Gasteiger partial charge in [-0.1, -0.05) is 19.1 Å². The zero-order chi connectivity index (χ0) is 16.3. The van der Waals surface area contributed by atoms with Gasteiger partial charge in [0.1, 0.15) is 0 Å². The fourth-order valence-electron chi connectivity index (χ4n) is 2.92. The summed E-state index contributed by atoms with van der Waals surface area (Å²) in [5, 5.41) is 10.1. The average molecular weight is 391 g/mol. The summed E-state index contributed by atoms with van der Waals surface area (Å²) >= 11 is 3.23. The number of nitrogens with zero attached hydrogens (tertiary/aromatic N) is 1. The van der Waals surface area contributed by atoms with Gasteiger partial charge in [-0.3, -0.25) is 4.90 Å². The van der Waals surface area contributed by atoms with Crippen LogP contribution in [-0.4, -0.2) is 50.2 Å². The number of benzene rings is 1. The Morgan fingerprint density at radius 1 is 1.41 bits per heavy atom. The molecular weight excluding hydrogens is 368 g/mol. The van der Waals surface area contributed by atoms with Gasteiger partial charge in [0.25, 0.3) is 0 Å². The molecule has 124 valence electrons. The number of β-amino-alcohol motifs (C(OH)–C–C–N with tert-alkyl or cyclic N) is 1.